The van der Waals surface area contributed by atoms with Crippen LogP contribution in [0.5, 0.6) is 0 Å². The number of rotatable bonds is 3. The highest BCUT2D eigenvalue weighted by Gasteiger charge is 2.42. The Labute approximate surface area is 97.2 Å². The summed E-state index contributed by atoms with van der Waals surface area (Å²) in [5, 5.41) is 3.35. The van der Waals surface area contributed by atoms with Gasteiger partial charge >= 0.3 is 0 Å². The van der Waals surface area contributed by atoms with Crippen LogP contribution in [0.25, 0.3) is 0 Å². The Morgan fingerprint density at radius 1 is 1.25 bits per heavy atom. The first-order valence-electron chi connectivity index (χ1n) is 6.01. The minimum atomic E-state index is 0.241. The van der Waals surface area contributed by atoms with Gasteiger partial charge in [-0.1, -0.05) is 6.92 Å². The van der Waals surface area contributed by atoms with E-state index in [0.717, 1.165) is 5.76 Å². The second-order valence-electron chi connectivity index (χ2n) is 4.76. The Kier molecular flexibility index (Phi) is 3.36. The van der Waals surface area contributed by atoms with E-state index < -0.39 is 0 Å². The van der Waals surface area contributed by atoms with Crippen molar-refractivity contribution < 1.29 is 9.15 Å². The topological polar surface area (TPSA) is 34.4 Å². The molecule has 0 aromatic carbocycles. The van der Waals surface area contributed by atoms with Crippen molar-refractivity contribution in [2.45, 2.75) is 39.0 Å². The number of furan rings is 1. The van der Waals surface area contributed by atoms with E-state index in [9.17, 15) is 0 Å². The van der Waals surface area contributed by atoms with E-state index in [1.165, 1.54) is 0 Å². The van der Waals surface area contributed by atoms with Gasteiger partial charge in [0.1, 0.15) is 5.76 Å². The van der Waals surface area contributed by atoms with E-state index in [4.69, 9.17) is 9.15 Å². The summed E-state index contributed by atoms with van der Waals surface area (Å²) in [6.45, 7) is 6.56. The smallest absolute Gasteiger partial charge is 0.121 e. The molecule has 1 N–H and O–H groups in total. The van der Waals surface area contributed by atoms with Gasteiger partial charge in [-0.2, -0.15) is 0 Å². The van der Waals surface area contributed by atoms with Crippen LogP contribution in [0.1, 0.15) is 32.6 Å². The van der Waals surface area contributed by atoms with Crippen LogP contribution in [0.4, 0.5) is 0 Å². The molecule has 1 aliphatic rings. The van der Waals surface area contributed by atoms with E-state index in [-0.39, 0.29) is 12.1 Å². The van der Waals surface area contributed by atoms with Gasteiger partial charge in [0.25, 0.3) is 0 Å². The molecule has 0 radical (unpaired) electrons. The summed E-state index contributed by atoms with van der Waals surface area (Å²) in [7, 11) is 1.98. The Bertz CT molecular complexity index is 323. The van der Waals surface area contributed by atoms with Gasteiger partial charge in [-0.05, 0) is 38.9 Å². The largest absolute Gasteiger partial charge is 0.468 e. The lowest BCUT2D eigenvalue weighted by Gasteiger charge is -2.27. The number of hydrogen-bond acceptors (Lipinski definition) is 3. The summed E-state index contributed by atoms with van der Waals surface area (Å²) < 4.78 is 11.4. The molecule has 3 heteroatoms. The molecule has 1 saturated heterocycles. The molecule has 16 heavy (non-hydrogen) atoms. The van der Waals surface area contributed by atoms with Gasteiger partial charge in [-0.15, -0.1) is 0 Å². The molecule has 1 fully saturated rings. The molecular formula is C13H21NO2. The number of hydrogen-bond donors (Lipinski definition) is 1. The average molecular weight is 223 g/mol. The van der Waals surface area contributed by atoms with E-state index in [1.807, 2.05) is 19.2 Å². The maximum atomic E-state index is 5.89. The van der Waals surface area contributed by atoms with Gasteiger partial charge in [0, 0.05) is 5.92 Å². The molecular weight excluding hydrogens is 202 g/mol. The van der Waals surface area contributed by atoms with Gasteiger partial charge in [0.15, 0.2) is 0 Å². The average Bonchev–Trinajstić information content (AvgIpc) is 2.84. The minimum Gasteiger partial charge on any atom is -0.468 e. The summed E-state index contributed by atoms with van der Waals surface area (Å²) in [6, 6.07) is 4.21. The van der Waals surface area contributed by atoms with E-state index >= 15 is 0 Å². The zero-order valence-electron chi connectivity index (χ0n) is 10.4. The van der Waals surface area contributed by atoms with Gasteiger partial charge < -0.3 is 14.5 Å². The lowest BCUT2D eigenvalue weighted by Crippen LogP contribution is -2.32. The third-order valence-electron chi connectivity index (χ3n) is 3.86. The monoisotopic (exact) mass is 223 g/mol. The Morgan fingerprint density at radius 3 is 2.44 bits per heavy atom. The first-order valence-corrected chi connectivity index (χ1v) is 6.01. The molecule has 5 atom stereocenters. The fourth-order valence-corrected chi connectivity index (χ4v) is 2.86. The van der Waals surface area contributed by atoms with Crippen LogP contribution in [0.15, 0.2) is 22.8 Å². The Morgan fingerprint density at radius 2 is 2.00 bits per heavy atom. The van der Waals surface area contributed by atoms with Crippen molar-refractivity contribution in [3.05, 3.63) is 24.2 Å². The normalized spacial score (nSPS) is 36.5. The van der Waals surface area contributed by atoms with Crippen LogP contribution in [-0.4, -0.2) is 19.3 Å². The highest BCUT2D eigenvalue weighted by molar-refractivity contribution is 5.08. The molecule has 2 heterocycles. The van der Waals surface area contributed by atoms with Crippen molar-refractivity contribution in [1.29, 1.82) is 0 Å². The Balaban J connectivity index is 2.21. The molecule has 1 aliphatic heterocycles. The third-order valence-corrected chi connectivity index (χ3v) is 3.86. The Hall–Kier alpha value is -0.800. The predicted octanol–water partition coefficient (Wildman–Crippen LogP) is 2.60. The molecule has 0 spiro atoms. The van der Waals surface area contributed by atoms with Crippen molar-refractivity contribution in [2.75, 3.05) is 7.05 Å². The molecule has 1 aromatic heterocycles. The van der Waals surface area contributed by atoms with Crippen LogP contribution in [-0.2, 0) is 4.74 Å². The van der Waals surface area contributed by atoms with Crippen molar-refractivity contribution in [3.63, 3.8) is 0 Å². The fraction of sp³-hybridized carbons (Fsp3) is 0.692. The quantitative estimate of drug-likeness (QED) is 0.855. The second kappa shape index (κ2) is 4.60. The highest BCUT2D eigenvalue weighted by atomic mass is 16.5. The van der Waals surface area contributed by atoms with Crippen LogP contribution in [0.3, 0.4) is 0 Å². The molecule has 0 saturated carbocycles. The maximum Gasteiger partial charge on any atom is 0.121 e. The summed E-state index contributed by atoms with van der Waals surface area (Å²) in [5.41, 5.74) is 0. The van der Waals surface area contributed by atoms with Crippen molar-refractivity contribution in [2.24, 2.45) is 11.8 Å². The first-order chi connectivity index (χ1) is 7.65. The predicted molar refractivity (Wildman–Crippen MR) is 63.2 cm³/mol. The van der Waals surface area contributed by atoms with Gasteiger partial charge in [0.05, 0.1) is 24.5 Å². The van der Waals surface area contributed by atoms with Crippen LogP contribution < -0.4 is 5.32 Å². The van der Waals surface area contributed by atoms with Gasteiger partial charge in [0.2, 0.25) is 0 Å². The number of nitrogens with one attached hydrogen (secondary N) is 1. The molecule has 1 aromatic rings. The van der Waals surface area contributed by atoms with Gasteiger partial charge in [-0.25, -0.2) is 0 Å². The van der Waals surface area contributed by atoms with Gasteiger partial charge in [-0.3, -0.25) is 0 Å². The van der Waals surface area contributed by atoms with Crippen LogP contribution in [0.2, 0.25) is 0 Å². The zero-order chi connectivity index (χ0) is 11.7. The summed E-state index contributed by atoms with van der Waals surface area (Å²) >= 11 is 0. The summed E-state index contributed by atoms with van der Waals surface area (Å²) in [4.78, 5) is 0. The SMILES string of the molecule is CNC(c1ccco1)C1C(C)OC(C)C1C. The standard InChI is InChI=1S/C13H21NO2/c1-8-9(2)16-10(3)12(8)13(14-4)11-6-5-7-15-11/h5-10,12-14H,1-4H3. The molecule has 0 bridgehead atoms. The molecule has 90 valence electrons. The van der Waals surface area contributed by atoms with Crippen LogP contribution in [0, 0.1) is 11.8 Å². The van der Waals surface area contributed by atoms with E-state index in [2.05, 4.69) is 26.1 Å². The summed E-state index contributed by atoms with van der Waals surface area (Å²) in [6.07, 6.45) is 2.33. The van der Waals surface area contributed by atoms with E-state index in [1.54, 1.807) is 6.26 Å². The van der Waals surface area contributed by atoms with Crippen molar-refractivity contribution >= 4 is 0 Å². The highest BCUT2D eigenvalue weighted by Crippen LogP contribution is 2.40. The minimum absolute atomic E-state index is 0.241. The lowest BCUT2D eigenvalue weighted by atomic mass is 9.82. The lowest BCUT2D eigenvalue weighted by molar-refractivity contribution is 0.0469. The molecule has 0 aliphatic carbocycles. The van der Waals surface area contributed by atoms with E-state index in [0.29, 0.717) is 17.9 Å². The third kappa shape index (κ3) is 1.89. The molecule has 2 rings (SSSR count). The molecule has 0 amide bonds. The maximum absolute atomic E-state index is 5.89. The molecule has 5 unspecified atom stereocenters. The van der Waals surface area contributed by atoms with Crippen molar-refractivity contribution in [3.8, 4) is 0 Å². The number of ether oxygens (including phenoxy) is 1. The first kappa shape index (κ1) is 11.7. The fourth-order valence-electron chi connectivity index (χ4n) is 2.86. The summed E-state index contributed by atoms with van der Waals surface area (Å²) in [5.74, 6) is 2.01. The zero-order valence-corrected chi connectivity index (χ0v) is 10.4. The molecule has 3 nitrogen and oxygen atoms in total. The van der Waals surface area contributed by atoms with Crippen molar-refractivity contribution in [1.82, 2.24) is 5.32 Å². The van der Waals surface area contributed by atoms with Crippen LogP contribution >= 0.6 is 0 Å². The second-order valence-corrected chi connectivity index (χ2v) is 4.76.